The molecule has 0 radical (unpaired) electrons. The van der Waals surface area contributed by atoms with Gasteiger partial charge in [0.2, 0.25) is 0 Å². The molecule has 1 N–H and O–H groups in total. The Balaban J connectivity index is 1.88. The number of ether oxygens (including phenoxy) is 1. The molecule has 0 amide bonds. The zero-order valence-corrected chi connectivity index (χ0v) is 11.4. The molecule has 1 aliphatic rings. The van der Waals surface area contributed by atoms with E-state index in [9.17, 15) is 0 Å². The quantitative estimate of drug-likeness (QED) is 0.776. The van der Waals surface area contributed by atoms with Gasteiger partial charge in [0.25, 0.3) is 0 Å². The molecule has 2 heteroatoms. The summed E-state index contributed by atoms with van der Waals surface area (Å²) in [5, 5.41) is 3.44. The molecule has 0 fully saturated rings. The lowest BCUT2D eigenvalue weighted by atomic mass is 9.98. The third kappa shape index (κ3) is 3.36. The molecule has 0 saturated heterocycles. The van der Waals surface area contributed by atoms with Crippen LogP contribution in [-0.2, 0) is 6.42 Å². The molecule has 1 aliphatic carbocycles. The topological polar surface area (TPSA) is 21.3 Å². The standard InChI is InChI=1S/C16H23NO/c1-17-16(14-5-3-4-6-14)12-9-13-7-10-15(18-2)11-8-13/h5,7-8,10-11,16-17H,3-4,6,9,12H2,1-2H3. The molecule has 98 valence electrons. The third-order valence-corrected chi connectivity index (χ3v) is 3.75. The van der Waals surface area contributed by atoms with Crippen molar-refractivity contribution in [1.82, 2.24) is 5.32 Å². The van der Waals surface area contributed by atoms with Crippen molar-refractivity contribution in [3.8, 4) is 5.75 Å². The van der Waals surface area contributed by atoms with Crippen LogP contribution in [0.5, 0.6) is 5.75 Å². The van der Waals surface area contributed by atoms with E-state index in [2.05, 4.69) is 30.6 Å². The van der Waals surface area contributed by atoms with Crippen LogP contribution in [0.25, 0.3) is 0 Å². The van der Waals surface area contributed by atoms with Gasteiger partial charge in [-0.1, -0.05) is 23.8 Å². The molecule has 0 aromatic heterocycles. The van der Waals surface area contributed by atoms with Crippen LogP contribution >= 0.6 is 0 Å². The number of rotatable bonds is 6. The predicted molar refractivity (Wildman–Crippen MR) is 76.1 cm³/mol. The van der Waals surface area contributed by atoms with E-state index in [0.29, 0.717) is 6.04 Å². The highest BCUT2D eigenvalue weighted by molar-refractivity contribution is 5.27. The van der Waals surface area contributed by atoms with Crippen molar-refractivity contribution >= 4 is 0 Å². The maximum Gasteiger partial charge on any atom is 0.118 e. The number of allylic oxidation sites excluding steroid dienone is 1. The summed E-state index contributed by atoms with van der Waals surface area (Å²) in [6.45, 7) is 0. The van der Waals surface area contributed by atoms with Crippen molar-refractivity contribution in [2.75, 3.05) is 14.2 Å². The molecule has 0 saturated carbocycles. The molecule has 1 aromatic rings. The van der Waals surface area contributed by atoms with Gasteiger partial charge in [0.1, 0.15) is 5.75 Å². The molecule has 2 nitrogen and oxygen atoms in total. The summed E-state index contributed by atoms with van der Waals surface area (Å²) in [4.78, 5) is 0. The summed E-state index contributed by atoms with van der Waals surface area (Å²) < 4.78 is 5.18. The Bertz CT molecular complexity index is 394. The van der Waals surface area contributed by atoms with Crippen LogP contribution in [0.2, 0.25) is 0 Å². The number of hydrogen-bond acceptors (Lipinski definition) is 2. The maximum atomic E-state index is 5.18. The van der Waals surface area contributed by atoms with Crippen LogP contribution in [0.15, 0.2) is 35.9 Å². The monoisotopic (exact) mass is 245 g/mol. The second-order valence-corrected chi connectivity index (χ2v) is 4.90. The molecule has 0 heterocycles. The first-order valence-electron chi connectivity index (χ1n) is 6.82. The minimum atomic E-state index is 0.551. The molecule has 0 bridgehead atoms. The van der Waals surface area contributed by atoms with E-state index in [0.717, 1.165) is 12.2 Å². The zero-order chi connectivity index (χ0) is 12.8. The van der Waals surface area contributed by atoms with Crippen LogP contribution < -0.4 is 10.1 Å². The Morgan fingerprint density at radius 3 is 2.61 bits per heavy atom. The summed E-state index contributed by atoms with van der Waals surface area (Å²) in [5.74, 6) is 0.933. The highest BCUT2D eigenvalue weighted by Crippen LogP contribution is 2.23. The number of nitrogens with one attached hydrogen (secondary N) is 1. The second-order valence-electron chi connectivity index (χ2n) is 4.90. The highest BCUT2D eigenvalue weighted by Gasteiger charge is 2.14. The van der Waals surface area contributed by atoms with Crippen molar-refractivity contribution < 1.29 is 4.74 Å². The Hall–Kier alpha value is -1.28. The van der Waals surface area contributed by atoms with E-state index in [4.69, 9.17) is 4.74 Å². The number of methoxy groups -OCH3 is 1. The Labute approximate surface area is 110 Å². The van der Waals surface area contributed by atoms with Gasteiger partial charge in [-0.3, -0.25) is 0 Å². The molecule has 0 aliphatic heterocycles. The van der Waals surface area contributed by atoms with Crippen LogP contribution in [0.3, 0.4) is 0 Å². The van der Waals surface area contributed by atoms with Crippen LogP contribution in [0, 0.1) is 0 Å². The smallest absolute Gasteiger partial charge is 0.118 e. The largest absolute Gasteiger partial charge is 0.497 e. The number of aryl methyl sites for hydroxylation is 1. The second kappa shape index (κ2) is 6.60. The lowest BCUT2D eigenvalue weighted by Gasteiger charge is -2.17. The van der Waals surface area contributed by atoms with Crippen molar-refractivity contribution in [2.45, 2.75) is 38.1 Å². The van der Waals surface area contributed by atoms with Gasteiger partial charge in [0.05, 0.1) is 7.11 Å². The van der Waals surface area contributed by atoms with Gasteiger partial charge in [-0.05, 0) is 56.8 Å². The van der Waals surface area contributed by atoms with Crippen LogP contribution in [-0.4, -0.2) is 20.2 Å². The highest BCUT2D eigenvalue weighted by atomic mass is 16.5. The van der Waals surface area contributed by atoms with Crippen LogP contribution in [0.4, 0.5) is 0 Å². The van der Waals surface area contributed by atoms with Gasteiger partial charge in [-0.15, -0.1) is 0 Å². The van der Waals surface area contributed by atoms with Crippen molar-refractivity contribution in [1.29, 1.82) is 0 Å². The average Bonchev–Trinajstić information content (AvgIpc) is 2.94. The average molecular weight is 245 g/mol. The van der Waals surface area contributed by atoms with Gasteiger partial charge in [0.15, 0.2) is 0 Å². The first-order valence-corrected chi connectivity index (χ1v) is 6.82. The zero-order valence-electron chi connectivity index (χ0n) is 11.4. The fourth-order valence-electron chi connectivity index (χ4n) is 2.63. The maximum absolute atomic E-state index is 5.18. The molecular formula is C16H23NO. The summed E-state index contributed by atoms with van der Waals surface area (Å²) >= 11 is 0. The van der Waals surface area contributed by atoms with E-state index in [1.807, 2.05) is 12.1 Å². The van der Waals surface area contributed by atoms with Crippen molar-refractivity contribution in [3.05, 3.63) is 41.5 Å². The summed E-state index contributed by atoms with van der Waals surface area (Å²) in [7, 11) is 3.77. The Morgan fingerprint density at radius 2 is 2.06 bits per heavy atom. The predicted octanol–water partition coefficient (Wildman–Crippen LogP) is 3.33. The number of benzene rings is 1. The van der Waals surface area contributed by atoms with E-state index in [-0.39, 0.29) is 0 Å². The minimum Gasteiger partial charge on any atom is -0.497 e. The van der Waals surface area contributed by atoms with E-state index < -0.39 is 0 Å². The van der Waals surface area contributed by atoms with E-state index >= 15 is 0 Å². The Morgan fingerprint density at radius 1 is 1.28 bits per heavy atom. The summed E-state index contributed by atoms with van der Waals surface area (Å²) in [5.41, 5.74) is 2.99. The molecule has 2 rings (SSSR count). The number of likely N-dealkylation sites (N-methyl/N-ethyl adjacent to an activating group) is 1. The fourth-order valence-corrected chi connectivity index (χ4v) is 2.63. The Kier molecular flexibility index (Phi) is 4.82. The molecular weight excluding hydrogens is 222 g/mol. The van der Waals surface area contributed by atoms with Crippen molar-refractivity contribution in [3.63, 3.8) is 0 Å². The van der Waals surface area contributed by atoms with Gasteiger partial charge in [0, 0.05) is 6.04 Å². The fraction of sp³-hybridized carbons (Fsp3) is 0.500. The van der Waals surface area contributed by atoms with Gasteiger partial charge in [-0.25, -0.2) is 0 Å². The first kappa shape index (κ1) is 13.2. The molecule has 1 unspecified atom stereocenters. The van der Waals surface area contributed by atoms with Gasteiger partial charge >= 0.3 is 0 Å². The van der Waals surface area contributed by atoms with Crippen LogP contribution in [0.1, 0.15) is 31.2 Å². The van der Waals surface area contributed by atoms with Gasteiger partial charge < -0.3 is 10.1 Å². The molecule has 1 aromatic carbocycles. The lowest BCUT2D eigenvalue weighted by molar-refractivity contribution is 0.414. The molecule has 0 spiro atoms. The lowest BCUT2D eigenvalue weighted by Crippen LogP contribution is -2.27. The number of hydrogen-bond donors (Lipinski definition) is 1. The molecule has 1 atom stereocenters. The first-order chi connectivity index (χ1) is 8.83. The minimum absolute atomic E-state index is 0.551. The van der Waals surface area contributed by atoms with Crippen molar-refractivity contribution in [2.24, 2.45) is 0 Å². The molecule has 18 heavy (non-hydrogen) atoms. The van der Waals surface area contributed by atoms with E-state index in [1.54, 1.807) is 12.7 Å². The third-order valence-electron chi connectivity index (χ3n) is 3.75. The SMILES string of the molecule is CNC(CCc1ccc(OC)cc1)C1=CCCC1. The summed E-state index contributed by atoms with van der Waals surface area (Å²) in [6, 6.07) is 8.95. The summed E-state index contributed by atoms with van der Waals surface area (Å²) in [6.07, 6.45) is 8.57. The van der Waals surface area contributed by atoms with E-state index in [1.165, 1.54) is 31.2 Å². The van der Waals surface area contributed by atoms with Gasteiger partial charge in [-0.2, -0.15) is 0 Å². The normalized spacial score (nSPS) is 16.4.